The van der Waals surface area contributed by atoms with Crippen LogP contribution in [0.4, 0.5) is 0 Å². The van der Waals surface area contributed by atoms with Crippen molar-refractivity contribution in [1.82, 2.24) is 14.9 Å². The van der Waals surface area contributed by atoms with E-state index in [1.807, 2.05) is 38.1 Å². The number of nitrogens with zero attached hydrogens (tertiary/aromatic N) is 2. The van der Waals surface area contributed by atoms with Gasteiger partial charge in [0.05, 0.1) is 17.4 Å². The summed E-state index contributed by atoms with van der Waals surface area (Å²) in [6, 6.07) is 12.9. The first-order chi connectivity index (χ1) is 11.5. The van der Waals surface area contributed by atoms with Crippen molar-refractivity contribution in [3.63, 3.8) is 0 Å². The van der Waals surface area contributed by atoms with Crippen molar-refractivity contribution >= 4 is 16.8 Å². The van der Waals surface area contributed by atoms with Crippen LogP contribution in [0.5, 0.6) is 0 Å². The molecule has 3 aromatic rings. The third kappa shape index (κ3) is 3.06. The lowest BCUT2D eigenvalue weighted by Crippen LogP contribution is -2.29. The van der Waals surface area contributed by atoms with E-state index >= 15 is 0 Å². The molecule has 1 heterocycles. The molecule has 2 aromatic carbocycles. The van der Waals surface area contributed by atoms with Crippen LogP contribution in [-0.4, -0.2) is 27.8 Å². The summed E-state index contributed by atoms with van der Waals surface area (Å²) in [6.45, 7) is 4.16. The second-order valence-electron chi connectivity index (χ2n) is 6.01. The molecule has 0 saturated carbocycles. The Kier molecular flexibility index (Phi) is 4.16. The van der Waals surface area contributed by atoms with Crippen molar-refractivity contribution in [1.29, 1.82) is 0 Å². The molecule has 0 spiro atoms. The molecule has 1 aromatic heterocycles. The first-order valence-electron chi connectivity index (χ1n) is 7.76. The number of hydrogen-bond acceptors (Lipinski definition) is 3. The van der Waals surface area contributed by atoms with Crippen LogP contribution in [0, 0.1) is 13.8 Å². The summed E-state index contributed by atoms with van der Waals surface area (Å²) in [4.78, 5) is 33.5. The minimum absolute atomic E-state index is 0.0942. The van der Waals surface area contributed by atoms with Gasteiger partial charge in [0.1, 0.15) is 5.82 Å². The SMILES string of the molecule is Cc1ccc(C(=O)N(C)Cc2nc3ccccc3c(=O)[nH]2)c(C)c1. The van der Waals surface area contributed by atoms with Gasteiger partial charge in [0.2, 0.25) is 0 Å². The number of aromatic nitrogens is 2. The molecule has 0 aliphatic rings. The number of aromatic amines is 1. The molecule has 24 heavy (non-hydrogen) atoms. The van der Waals surface area contributed by atoms with Gasteiger partial charge in [0, 0.05) is 12.6 Å². The van der Waals surface area contributed by atoms with E-state index in [-0.39, 0.29) is 18.0 Å². The Morgan fingerprint density at radius 1 is 1.17 bits per heavy atom. The van der Waals surface area contributed by atoms with Gasteiger partial charge in [0.15, 0.2) is 0 Å². The Labute approximate surface area is 140 Å². The highest BCUT2D eigenvalue weighted by atomic mass is 16.2. The molecule has 5 heteroatoms. The highest BCUT2D eigenvalue weighted by molar-refractivity contribution is 5.95. The molecule has 0 aliphatic heterocycles. The summed E-state index contributed by atoms with van der Waals surface area (Å²) < 4.78 is 0. The number of H-pyrrole nitrogens is 1. The van der Waals surface area contributed by atoms with Crippen LogP contribution in [0.3, 0.4) is 0 Å². The third-order valence-electron chi connectivity index (χ3n) is 4.01. The normalized spacial score (nSPS) is 10.8. The fourth-order valence-electron chi connectivity index (χ4n) is 2.77. The highest BCUT2D eigenvalue weighted by Gasteiger charge is 2.15. The minimum atomic E-state index is -0.192. The van der Waals surface area contributed by atoms with E-state index in [1.165, 1.54) is 0 Å². The summed E-state index contributed by atoms with van der Waals surface area (Å²) in [5.74, 6) is 0.377. The van der Waals surface area contributed by atoms with Crippen LogP contribution in [0.25, 0.3) is 10.9 Å². The summed E-state index contributed by atoms with van der Waals surface area (Å²) in [5, 5.41) is 0.546. The Bertz CT molecular complexity index is 976. The van der Waals surface area contributed by atoms with Crippen LogP contribution in [-0.2, 0) is 6.54 Å². The average molecular weight is 321 g/mol. The molecule has 1 amide bonds. The van der Waals surface area contributed by atoms with Crippen LogP contribution in [0.2, 0.25) is 0 Å². The van der Waals surface area contributed by atoms with E-state index in [9.17, 15) is 9.59 Å². The number of rotatable bonds is 3. The van der Waals surface area contributed by atoms with Crippen molar-refractivity contribution < 1.29 is 4.79 Å². The van der Waals surface area contributed by atoms with Crippen molar-refractivity contribution in [3.05, 3.63) is 75.3 Å². The van der Waals surface area contributed by atoms with Gasteiger partial charge in [0.25, 0.3) is 11.5 Å². The quantitative estimate of drug-likeness (QED) is 0.806. The van der Waals surface area contributed by atoms with Crippen LogP contribution < -0.4 is 5.56 Å². The fourth-order valence-corrected chi connectivity index (χ4v) is 2.77. The summed E-state index contributed by atoms with van der Waals surface area (Å²) in [5.41, 5.74) is 3.15. The zero-order valence-electron chi connectivity index (χ0n) is 14.0. The molecule has 5 nitrogen and oxygen atoms in total. The molecule has 0 unspecified atom stereocenters. The number of nitrogens with one attached hydrogen (secondary N) is 1. The summed E-state index contributed by atoms with van der Waals surface area (Å²) in [7, 11) is 1.71. The monoisotopic (exact) mass is 321 g/mol. The lowest BCUT2D eigenvalue weighted by atomic mass is 10.0. The number of aryl methyl sites for hydroxylation is 2. The Hall–Kier alpha value is -2.95. The number of hydrogen-bond donors (Lipinski definition) is 1. The second-order valence-corrected chi connectivity index (χ2v) is 6.01. The number of carbonyl (C=O) groups is 1. The molecule has 0 atom stereocenters. The van der Waals surface area contributed by atoms with Crippen LogP contribution >= 0.6 is 0 Å². The lowest BCUT2D eigenvalue weighted by molar-refractivity contribution is 0.0781. The molecule has 0 aliphatic carbocycles. The standard InChI is InChI=1S/C19H19N3O2/c1-12-8-9-14(13(2)10-12)19(24)22(3)11-17-20-16-7-5-4-6-15(16)18(23)21-17/h4-10H,11H2,1-3H3,(H,20,21,23). The van der Waals surface area contributed by atoms with E-state index < -0.39 is 0 Å². The topological polar surface area (TPSA) is 66.1 Å². The molecule has 0 radical (unpaired) electrons. The Morgan fingerprint density at radius 2 is 1.92 bits per heavy atom. The fraction of sp³-hybridized carbons (Fsp3) is 0.211. The molecule has 0 fully saturated rings. The molecular formula is C19H19N3O2. The van der Waals surface area contributed by atoms with Gasteiger partial charge >= 0.3 is 0 Å². The summed E-state index contributed by atoms with van der Waals surface area (Å²) in [6.07, 6.45) is 0. The van der Waals surface area contributed by atoms with Gasteiger partial charge in [-0.3, -0.25) is 9.59 Å². The molecule has 3 rings (SSSR count). The first-order valence-corrected chi connectivity index (χ1v) is 7.76. The first kappa shape index (κ1) is 15.9. The van der Waals surface area contributed by atoms with Gasteiger partial charge < -0.3 is 9.88 Å². The third-order valence-corrected chi connectivity index (χ3v) is 4.01. The van der Waals surface area contributed by atoms with Crippen LogP contribution in [0.1, 0.15) is 27.3 Å². The van der Waals surface area contributed by atoms with Gasteiger partial charge in [-0.05, 0) is 37.6 Å². The Balaban J connectivity index is 1.88. The average Bonchev–Trinajstić information content (AvgIpc) is 2.54. The van der Waals surface area contributed by atoms with E-state index in [1.54, 1.807) is 30.1 Å². The van der Waals surface area contributed by atoms with Crippen molar-refractivity contribution in [2.45, 2.75) is 20.4 Å². The zero-order valence-corrected chi connectivity index (χ0v) is 14.0. The van der Waals surface area contributed by atoms with E-state index in [0.717, 1.165) is 11.1 Å². The molecule has 0 bridgehead atoms. The van der Waals surface area contributed by atoms with Crippen molar-refractivity contribution in [2.24, 2.45) is 0 Å². The smallest absolute Gasteiger partial charge is 0.258 e. The number of fused-ring (bicyclic) bond motifs is 1. The van der Waals surface area contributed by atoms with Crippen molar-refractivity contribution in [2.75, 3.05) is 7.05 Å². The summed E-state index contributed by atoms with van der Waals surface area (Å²) >= 11 is 0. The van der Waals surface area contributed by atoms with E-state index in [2.05, 4.69) is 9.97 Å². The second kappa shape index (κ2) is 6.28. The molecule has 0 saturated heterocycles. The Morgan fingerprint density at radius 3 is 2.67 bits per heavy atom. The van der Waals surface area contributed by atoms with Gasteiger partial charge in [-0.15, -0.1) is 0 Å². The number of amides is 1. The predicted octanol–water partition coefficient (Wildman–Crippen LogP) is 2.81. The van der Waals surface area contributed by atoms with Gasteiger partial charge in [-0.1, -0.05) is 29.8 Å². The maximum absolute atomic E-state index is 12.6. The van der Waals surface area contributed by atoms with E-state index in [0.29, 0.717) is 22.3 Å². The van der Waals surface area contributed by atoms with E-state index in [4.69, 9.17) is 0 Å². The number of para-hydroxylation sites is 1. The number of benzene rings is 2. The number of carbonyl (C=O) groups excluding carboxylic acids is 1. The lowest BCUT2D eigenvalue weighted by Gasteiger charge is -2.18. The minimum Gasteiger partial charge on any atom is -0.334 e. The van der Waals surface area contributed by atoms with Gasteiger partial charge in [-0.25, -0.2) is 4.98 Å². The van der Waals surface area contributed by atoms with Crippen molar-refractivity contribution in [3.8, 4) is 0 Å². The largest absolute Gasteiger partial charge is 0.334 e. The van der Waals surface area contributed by atoms with Crippen LogP contribution in [0.15, 0.2) is 47.3 Å². The maximum atomic E-state index is 12.6. The molecule has 122 valence electrons. The predicted molar refractivity (Wildman–Crippen MR) is 94.1 cm³/mol. The highest BCUT2D eigenvalue weighted by Crippen LogP contribution is 2.14. The zero-order chi connectivity index (χ0) is 17.3. The maximum Gasteiger partial charge on any atom is 0.258 e. The molecular weight excluding hydrogens is 302 g/mol. The molecule has 1 N–H and O–H groups in total. The van der Waals surface area contributed by atoms with Gasteiger partial charge in [-0.2, -0.15) is 0 Å².